The minimum Gasteiger partial charge on any atom is -0.508 e. The van der Waals surface area contributed by atoms with Gasteiger partial charge in [0.25, 0.3) is 0 Å². The molecule has 1 aliphatic heterocycles. The Balaban J connectivity index is 1.44. The van der Waals surface area contributed by atoms with Gasteiger partial charge in [-0.3, -0.25) is 9.88 Å². The van der Waals surface area contributed by atoms with E-state index in [0.717, 1.165) is 49.5 Å². The first-order chi connectivity index (χ1) is 13.6. The van der Waals surface area contributed by atoms with Crippen LogP contribution >= 0.6 is 0 Å². The van der Waals surface area contributed by atoms with Crippen molar-refractivity contribution in [3.63, 3.8) is 0 Å². The SMILES string of the molecule is Cc1ccc(C)c(N2CCN(Cc3cc(-c4ccccn4)ccc3O)CC2)c1. The van der Waals surface area contributed by atoms with Crippen LogP contribution in [0.5, 0.6) is 5.75 Å². The smallest absolute Gasteiger partial charge is 0.120 e. The van der Waals surface area contributed by atoms with Gasteiger partial charge in [-0.15, -0.1) is 0 Å². The summed E-state index contributed by atoms with van der Waals surface area (Å²) in [6.45, 7) is 9.07. The van der Waals surface area contributed by atoms with Crippen LogP contribution in [0.4, 0.5) is 5.69 Å². The molecular weight excluding hydrogens is 346 g/mol. The third kappa shape index (κ3) is 4.02. The number of hydrogen-bond donors (Lipinski definition) is 1. The lowest BCUT2D eigenvalue weighted by atomic mass is 10.1. The third-order valence-electron chi connectivity index (χ3n) is 5.51. The van der Waals surface area contributed by atoms with Crippen LogP contribution in [0.1, 0.15) is 16.7 Å². The van der Waals surface area contributed by atoms with Crippen LogP contribution in [0.25, 0.3) is 11.3 Å². The zero-order valence-electron chi connectivity index (χ0n) is 16.6. The van der Waals surface area contributed by atoms with Crippen molar-refractivity contribution in [2.24, 2.45) is 0 Å². The second-order valence-electron chi connectivity index (χ2n) is 7.61. The van der Waals surface area contributed by atoms with Crippen molar-refractivity contribution in [1.82, 2.24) is 9.88 Å². The molecule has 0 saturated carbocycles. The first kappa shape index (κ1) is 18.5. The first-order valence-corrected chi connectivity index (χ1v) is 9.88. The van der Waals surface area contributed by atoms with E-state index in [-0.39, 0.29) is 0 Å². The van der Waals surface area contributed by atoms with Gasteiger partial charge in [0, 0.05) is 55.7 Å². The lowest BCUT2D eigenvalue weighted by Gasteiger charge is -2.37. The minimum atomic E-state index is 0.358. The van der Waals surface area contributed by atoms with E-state index in [1.165, 1.54) is 16.8 Å². The number of aryl methyl sites for hydroxylation is 2. The third-order valence-corrected chi connectivity index (χ3v) is 5.51. The lowest BCUT2D eigenvalue weighted by molar-refractivity contribution is 0.246. The van der Waals surface area contributed by atoms with Crippen LogP contribution in [0.2, 0.25) is 0 Å². The Morgan fingerprint density at radius 1 is 0.929 bits per heavy atom. The number of anilines is 1. The number of benzene rings is 2. The maximum atomic E-state index is 10.4. The first-order valence-electron chi connectivity index (χ1n) is 9.88. The zero-order chi connectivity index (χ0) is 19.5. The Morgan fingerprint density at radius 2 is 1.75 bits per heavy atom. The maximum Gasteiger partial charge on any atom is 0.120 e. The summed E-state index contributed by atoms with van der Waals surface area (Å²) < 4.78 is 0. The molecule has 1 aromatic heterocycles. The largest absolute Gasteiger partial charge is 0.508 e. The van der Waals surface area contributed by atoms with Gasteiger partial charge in [-0.2, -0.15) is 0 Å². The van der Waals surface area contributed by atoms with Gasteiger partial charge in [0.05, 0.1) is 5.69 Å². The number of rotatable bonds is 4. The average molecular weight is 374 g/mol. The maximum absolute atomic E-state index is 10.4. The molecule has 4 rings (SSSR count). The topological polar surface area (TPSA) is 39.6 Å². The summed E-state index contributed by atoms with van der Waals surface area (Å²) >= 11 is 0. The van der Waals surface area contributed by atoms with Gasteiger partial charge in [0.2, 0.25) is 0 Å². The van der Waals surface area contributed by atoms with Crippen molar-refractivity contribution in [2.75, 3.05) is 31.1 Å². The second-order valence-corrected chi connectivity index (χ2v) is 7.61. The summed E-state index contributed by atoms with van der Waals surface area (Å²) in [5.74, 6) is 0.358. The molecule has 4 heteroatoms. The molecular formula is C24H27N3O. The highest BCUT2D eigenvalue weighted by atomic mass is 16.3. The predicted molar refractivity (Wildman–Crippen MR) is 115 cm³/mol. The molecule has 0 spiro atoms. The van der Waals surface area contributed by atoms with Crippen LogP contribution in [0.15, 0.2) is 60.8 Å². The molecule has 28 heavy (non-hydrogen) atoms. The summed E-state index contributed by atoms with van der Waals surface area (Å²) in [6, 6.07) is 18.3. The second kappa shape index (κ2) is 8.03. The molecule has 0 bridgehead atoms. The number of aromatic hydroxyl groups is 1. The summed E-state index contributed by atoms with van der Waals surface area (Å²) in [5, 5.41) is 10.4. The standard InChI is InChI=1S/C24H27N3O/c1-18-6-7-19(2)23(15-18)27-13-11-26(12-14-27)17-21-16-20(8-9-24(21)28)22-5-3-4-10-25-22/h3-10,15-16,28H,11-14,17H2,1-2H3. The Morgan fingerprint density at radius 3 is 2.50 bits per heavy atom. The number of aromatic nitrogens is 1. The van der Waals surface area contributed by atoms with Gasteiger partial charge in [-0.05, 0) is 61.4 Å². The highest BCUT2D eigenvalue weighted by molar-refractivity contribution is 5.61. The van der Waals surface area contributed by atoms with E-state index in [1.807, 2.05) is 24.3 Å². The van der Waals surface area contributed by atoms with E-state index < -0.39 is 0 Å². The van der Waals surface area contributed by atoms with E-state index in [1.54, 1.807) is 12.3 Å². The van der Waals surface area contributed by atoms with E-state index >= 15 is 0 Å². The monoisotopic (exact) mass is 373 g/mol. The fraction of sp³-hybridized carbons (Fsp3) is 0.292. The molecule has 0 unspecified atom stereocenters. The van der Waals surface area contributed by atoms with Gasteiger partial charge < -0.3 is 10.0 Å². The molecule has 3 aromatic rings. The van der Waals surface area contributed by atoms with Gasteiger partial charge in [-0.25, -0.2) is 0 Å². The Hall–Kier alpha value is -2.85. The fourth-order valence-corrected chi connectivity index (χ4v) is 3.85. The highest BCUT2D eigenvalue weighted by Gasteiger charge is 2.19. The number of hydrogen-bond acceptors (Lipinski definition) is 4. The lowest BCUT2D eigenvalue weighted by Crippen LogP contribution is -2.46. The predicted octanol–water partition coefficient (Wildman–Crippen LogP) is 4.39. The van der Waals surface area contributed by atoms with Crippen molar-refractivity contribution < 1.29 is 5.11 Å². The summed E-state index contributed by atoms with van der Waals surface area (Å²) in [4.78, 5) is 9.31. The van der Waals surface area contributed by atoms with Crippen LogP contribution < -0.4 is 4.90 Å². The van der Waals surface area contributed by atoms with Gasteiger partial charge in [0.15, 0.2) is 0 Å². The van der Waals surface area contributed by atoms with Crippen LogP contribution in [0.3, 0.4) is 0 Å². The van der Waals surface area contributed by atoms with Crippen molar-refractivity contribution in [2.45, 2.75) is 20.4 Å². The van der Waals surface area contributed by atoms with Crippen LogP contribution in [0, 0.1) is 13.8 Å². The normalized spacial score (nSPS) is 15.0. The molecule has 1 aliphatic rings. The molecule has 4 nitrogen and oxygen atoms in total. The van der Waals surface area contributed by atoms with Crippen LogP contribution in [-0.2, 0) is 6.54 Å². The van der Waals surface area contributed by atoms with Crippen LogP contribution in [-0.4, -0.2) is 41.2 Å². The molecule has 2 heterocycles. The van der Waals surface area contributed by atoms with E-state index in [2.05, 4.69) is 52.9 Å². The van der Waals surface area contributed by atoms with E-state index in [4.69, 9.17) is 0 Å². The molecule has 1 N–H and O–H groups in total. The molecule has 0 amide bonds. The fourth-order valence-electron chi connectivity index (χ4n) is 3.85. The highest BCUT2D eigenvalue weighted by Crippen LogP contribution is 2.27. The molecule has 0 aliphatic carbocycles. The Kier molecular flexibility index (Phi) is 5.31. The van der Waals surface area contributed by atoms with E-state index in [9.17, 15) is 5.11 Å². The molecule has 0 radical (unpaired) electrons. The van der Waals surface area contributed by atoms with Crippen molar-refractivity contribution in [3.8, 4) is 17.0 Å². The molecule has 144 valence electrons. The summed E-state index contributed by atoms with van der Waals surface area (Å²) in [7, 11) is 0. The number of nitrogens with zero attached hydrogens (tertiary/aromatic N) is 3. The van der Waals surface area contributed by atoms with Crippen molar-refractivity contribution >= 4 is 5.69 Å². The number of phenols is 1. The number of pyridine rings is 1. The van der Waals surface area contributed by atoms with Gasteiger partial charge in [0.1, 0.15) is 5.75 Å². The molecule has 1 saturated heterocycles. The Bertz CT molecular complexity index is 947. The minimum absolute atomic E-state index is 0.358. The van der Waals surface area contributed by atoms with Crippen molar-refractivity contribution in [3.05, 3.63) is 77.5 Å². The number of piperazine rings is 1. The Labute approximate surface area is 167 Å². The van der Waals surface area contributed by atoms with Gasteiger partial charge >= 0.3 is 0 Å². The number of phenolic OH excluding ortho intramolecular Hbond substituents is 1. The summed E-state index contributed by atoms with van der Waals surface area (Å²) in [6.07, 6.45) is 1.80. The average Bonchev–Trinajstić information content (AvgIpc) is 2.73. The molecule has 0 atom stereocenters. The van der Waals surface area contributed by atoms with E-state index in [0.29, 0.717) is 5.75 Å². The molecule has 2 aromatic carbocycles. The summed E-state index contributed by atoms with van der Waals surface area (Å²) in [5.41, 5.74) is 6.92. The quantitative estimate of drug-likeness (QED) is 0.736. The molecule has 1 fully saturated rings. The zero-order valence-corrected chi connectivity index (χ0v) is 16.6. The van der Waals surface area contributed by atoms with Gasteiger partial charge in [-0.1, -0.05) is 18.2 Å². The van der Waals surface area contributed by atoms with Crippen molar-refractivity contribution in [1.29, 1.82) is 0 Å².